The highest BCUT2D eigenvalue weighted by Crippen LogP contribution is 2.23. The molecular formula is C20H38N2O3. The smallest absolute Gasteiger partial charge is 0.307 e. The molecule has 1 heterocycles. The minimum Gasteiger partial charge on any atom is -0.461 e. The summed E-state index contributed by atoms with van der Waals surface area (Å²) in [5, 5.41) is 0. The van der Waals surface area contributed by atoms with E-state index in [-0.39, 0.29) is 17.5 Å². The van der Waals surface area contributed by atoms with Gasteiger partial charge in [-0.15, -0.1) is 0 Å². The first-order chi connectivity index (χ1) is 11.7. The predicted octanol–water partition coefficient (Wildman–Crippen LogP) is 3.12. The molecule has 0 aromatic carbocycles. The molecule has 25 heavy (non-hydrogen) atoms. The lowest BCUT2D eigenvalue weighted by molar-refractivity contribution is -0.148. The Morgan fingerprint density at radius 1 is 1.24 bits per heavy atom. The van der Waals surface area contributed by atoms with Gasteiger partial charge in [0.05, 0.1) is 6.42 Å². The number of carbonyl (C=O) groups is 2. The van der Waals surface area contributed by atoms with Crippen LogP contribution in [0.4, 0.5) is 0 Å². The van der Waals surface area contributed by atoms with E-state index in [2.05, 4.69) is 11.8 Å². The molecule has 5 nitrogen and oxygen atoms in total. The number of rotatable bonds is 12. The molecule has 2 unspecified atom stereocenters. The van der Waals surface area contributed by atoms with Crippen LogP contribution >= 0.6 is 0 Å². The van der Waals surface area contributed by atoms with Gasteiger partial charge in [0.15, 0.2) is 0 Å². The highest BCUT2D eigenvalue weighted by molar-refractivity contribution is 5.69. The van der Waals surface area contributed by atoms with Crippen LogP contribution in [0.2, 0.25) is 0 Å². The van der Waals surface area contributed by atoms with Gasteiger partial charge in [0.1, 0.15) is 12.4 Å². The molecule has 5 heteroatoms. The molecule has 1 aliphatic heterocycles. The fraction of sp³-hybridized carbons (Fsp3) is 0.900. The van der Waals surface area contributed by atoms with E-state index in [4.69, 9.17) is 4.74 Å². The Morgan fingerprint density at radius 2 is 1.92 bits per heavy atom. The van der Waals surface area contributed by atoms with Crippen LogP contribution in [0.3, 0.4) is 0 Å². The number of likely N-dealkylation sites (tertiary alicyclic amines) is 1. The average Bonchev–Trinajstić information content (AvgIpc) is 2.88. The fourth-order valence-corrected chi connectivity index (χ4v) is 3.31. The lowest BCUT2D eigenvalue weighted by atomic mass is 9.89. The second-order valence-electron chi connectivity index (χ2n) is 8.52. The van der Waals surface area contributed by atoms with Gasteiger partial charge >= 0.3 is 5.97 Å². The first kappa shape index (κ1) is 22.1. The number of nitrogens with zero attached hydrogens (tertiary/aromatic N) is 2. The van der Waals surface area contributed by atoms with E-state index in [1.807, 2.05) is 32.8 Å². The summed E-state index contributed by atoms with van der Waals surface area (Å²) in [6.45, 7) is 8.92. The molecule has 0 spiro atoms. The molecular weight excluding hydrogens is 316 g/mol. The molecule has 0 N–H and O–H groups in total. The van der Waals surface area contributed by atoms with E-state index in [0.717, 1.165) is 45.2 Å². The highest BCUT2D eigenvalue weighted by Gasteiger charge is 2.30. The zero-order valence-corrected chi connectivity index (χ0v) is 16.9. The zero-order chi connectivity index (χ0) is 18.9. The zero-order valence-electron chi connectivity index (χ0n) is 16.9. The van der Waals surface area contributed by atoms with Crippen molar-refractivity contribution in [3.8, 4) is 0 Å². The maximum absolute atomic E-state index is 11.9. The Kier molecular flexibility index (Phi) is 9.65. The number of unbranched alkanes of at least 4 members (excludes halogenated alkanes) is 3. The van der Waals surface area contributed by atoms with Crippen LogP contribution in [0.5, 0.6) is 0 Å². The Bertz CT molecular complexity index is 410. The number of esters is 1. The number of carbonyl (C=O) groups excluding carboxylic acids is 2. The number of hydrogen-bond donors (Lipinski definition) is 0. The molecule has 0 radical (unpaired) electrons. The monoisotopic (exact) mass is 354 g/mol. The summed E-state index contributed by atoms with van der Waals surface area (Å²) in [4.78, 5) is 27.2. The number of ether oxygens (including phenoxy) is 1. The lowest BCUT2D eigenvalue weighted by Gasteiger charge is -2.20. The summed E-state index contributed by atoms with van der Waals surface area (Å²) in [6.07, 6.45) is 8.18. The van der Waals surface area contributed by atoms with Crippen LogP contribution in [-0.4, -0.2) is 67.9 Å². The molecule has 2 atom stereocenters. The van der Waals surface area contributed by atoms with Gasteiger partial charge in [-0.3, -0.25) is 9.69 Å². The highest BCUT2D eigenvalue weighted by atomic mass is 16.5. The summed E-state index contributed by atoms with van der Waals surface area (Å²) >= 11 is 0. The lowest BCUT2D eigenvalue weighted by Crippen LogP contribution is -2.29. The van der Waals surface area contributed by atoms with Crippen molar-refractivity contribution in [2.75, 3.05) is 33.7 Å². The molecule has 1 fully saturated rings. The molecule has 0 aliphatic carbocycles. The Labute approximate surface area is 154 Å². The van der Waals surface area contributed by atoms with Gasteiger partial charge < -0.3 is 14.4 Å². The summed E-state index contributed by atoms with van der Waals surface area (Å²) < 4.78 is 5.62. The maximum atomic E-state index is 11.9. The average molecular weight is 355 g/mol. The van der Waals surface area contributed by atoms with Crippen molar-refractivity contribution in [1.29, 1.82) is 0 Å². The molecule has 0 bridgehead atoms. The minimum atomic E-state index is -0.173. The molecule has 0 amide bonds. The van der Waals surface area contributed by atoms with E-state index >= 15 is 0 Å². The quantitative estimate of drug-likeness (QED) is 0.306. The van der Waals surface area contributed by atoms with Crippen molar-refractivity contribution in [1.82, 2.24) is 9.80 Å². The Balaban J connectivity index is 2.15. The number of aldehydes is 1. The van der Waals surface area contributed by atoms with Crippen molar-refractivity contribution in [2.24, 2.45) is 5.41 Å². The summed E-state index contributed by atoms with van der Waals surface area (Å²) in [7, 11) is 3.93. The van der Waals surface area contributed by atoms with Gasteiger partial charge in [-0.2, -0.15) is 0 Å². The van der Waals surface area contributed by atoms with E-state index in [1.165, 1.54) is 19.3 Å². The Morgan fingerprint density at radius 3 is 2.56 bits per heavy atom. The van der Waals surface area contributed by atoms with Gasteiger partial charge in [0, 0.05) is 31.0 Å². The predicted molar refractivity (Wildman–Crippen MR) is 102 cm³/mol. The third kappa shape index (κ3) is 9.36. The molecule has 0 saturated carbocycles. The largest absolute Gasteiger partial charge is 0.461 e. The van der Waals surface area contributed by atoms with Gasteiger partial charge in [-0.1, -0.05) is 33.1 Å². The molecule has 146 valence electrons. The van der Waals surface area contributed by atoms with Crippen LogP contribution in [-0.2, 0) is 14.3 Å². The first-order valence-electron chi connectivity index (χ1n) is 9.78. The second kappa shape index (κ2) is 10.9. The van der Waals surface area contributed by atoms with Gasteiger partial charge in [0.25, 0.3) is 0 Å². The third-order valence-electron chi connectivity index (χ3n) is 5.06. The van der Waals surface area contributed by atoms with Crippen molar-refractivity contribution in [3.63, 3.8) is 0 Å². The van der Waals surface area contributed by atoms with Crippen LogP contribution in [0.25, 0.3) is 0 Å². The normalized spacial score (nSPS) is 21.7. The third-order valence-corrected chi connectivity index (χ3v) is 5.06. The topological polar surface area (TPSA) is 49.9 Å². The van der Waals surface area contributed by atoms with E-state index < -0.39 is 0 Å². The molecule has 0 aromatic rings. The SMILES string of the molecule is CC1CC(OC(=O)CCN(C)C)CN1CCCCCCC(C)(C)C=O. The van der Waals surface area contributed by atoms with E-state index in [1.54, 1.807) is 0 Å². The Hall–Kier alpha value is -0.940. The fourth-order valence-electron chi connectivity index (χ4n) is 3.31. The van der Waals surface area contributed by atoms with Crippen LogP contribution in [0.15, 0.2) is 0 Å². The van der Waals surface area contributed by atoms with Crippen LogP contribution in [0.1, 0.15) is 65.7 Å². The molecule has 1 saturated heterocycles. The van der Waals surface area contributed by atoms with Crippen LogP contribution < -0.4 is 0 Å². The number of hydrogen-bond acceptors (Lipinski definition) is 5. The molecule has 1 rings (SSSR count). The van der Waals surface area contributed by atoms with Crippen LogP contribution in [0, 0.1) is 5.41 Å². The summed E-state index contributed by atoms with van der Waals surface area (Å²) in [5.74, 6) is -0.0782. The van der Waals surface area contributed by atoms with Gasteiger partial charge in [-0.05, 0) is 40.4 Å². The summed E-state index contributed by atoms with van der Waals surface area (Å²) in [5.41, 5.74) is -0.173. The molecule has 0 aromatic heterocycles. The first-order valence-corrected chi connectivity index (χ1v) is 9.78. The van der Waals surface area contributed by atoms with Crippen molar-refractivity contribution in [2.45, 2.75) is 77.9 Å². The van der Waals surface area contributed by atoms with Crippen molar-refractivity contribution in [3.05, 3.63) is 0 Å². The summed E-state index contributed by atoms with van der Waals surface area (Å²) in [6, 6.07) is 0.487. The van der Waals surface area contributed by atoms with Gasteiger partial charge in [0.2, 0.25) is 0 Å². The maximum Gasteiger partial charge on any atom is 0.307 e. The van der Waals surface area contributed by atoms with Crippen molar-refractivity contribution >= 4 is 12.3 Å². The minimum absolute atomic E-state index is 0.0538. The van der Waals surface area contributed by atoms with E-state index in [0.29, 0.717) is 12.5 Å². The standard InChI is InChI=1S/C20H38N2O3/c1-17-14-18(25-19(24)10-13-21(4)5)15-22(17)12-9-7-6-8-11-20(2,3)16-23/h16-18H,6-15H2,1-5H3. The second-order valence-corrected chi connectivity index (χ2v) is 8.52. The molecule has 1 aliphatic rings. The van der Waals surface area contributed by atoms with Crippen molar-refractivity contribution < 1.29 is 14.3 Å². The van der Waals surface area contributed by atoms with Gasteiger partial charge in [-0.25, -0.2) is 0 Å². The van der Waals surface area contributed by atoms with E-state index in [9.17, 15) is 9.59 Å².